The van der Waals surface area contributed by atoms with Gasteiger partial charge in [-0.1, -0.05) is 57.1 Å². The predicted octanol–water partition coefficient (Wildman–Crippen LogP) is 6.16. The van der Waals surface area contributed by atoms with Crippen LogP contribution in [-0.2, 0) is 15.6 Å². The van der Waals surface area contributed by atoms with E-state index in [4.69, 9.17) is 0 Å². The molecule has 0 amide bonds. The predicted molar refractivity (Wildman–Crippen MR) is 101 cm³/mol. The molecular formula is C20H30FeNO2. The van der Waals surface area contributed by atoms with Crippen LogP contribution in [0.4, 0.5) is 5.69 Å². The normalized spacial score (nSPS) is 16.5. The van der Waals surface area contributed by atoms with Gasteiger partial charge in [0, 0.05) is 12.1 Å². The summed E-state index contributed by atoms with van der Waals surface area (Å²) in [5, 5.41) is 10.5. The minimum atomic E-state index is -0.371. The monoisotopic (exact) mass is 372 g/mol. The van der Waals surface area contributed by atoms with Gasteiger partial charge in [0.25, 0.3) is 5.69 Å². The molecule has 0 heterocycles. The van der Waals surface area contributed by atoms with E-state index in [1.54, 1.807) is 24.3 Å². The Morgan fingerprint density at radius 1 is 0.958 bits per heavy atom. The van der Waals surface area contributed by atoms with E-state index < -0.39 is 0 Å². The Labute approximate surface area is 155 Å². The first kappa shape index (κ1) is 22.7. The van der Waals surface area contributed by atoms with Crippen molar-refractivity contribution in [3.8, 4) is 0 Å². The summed E-state index contributed by atoms with van der Waals surface area (Å²) in [6.45, 7) is 0. The summed E-state index contributed by atoms with van der Waals surface area (Å²) in [5.74, 6) is 0.704. The third kappa shape index (κ3) is 9.14. The molecule has 0 bridgehead atoms. The van der Waals surface area contributed by atoms with Crippen LogP contribution in [0.5, 0.6) is 0 Å². The molecular weight excluding hydrogens is 342 g/mol. The molecule has 0 radical (unpaired) electrons. The molecule has 0 N–H and O–H groups in total. The molecule has 2 saturated carbocycles. The van der Waals surface area contributed by atoms with E-state index in [-0.39, 0.29) is 18.0 Å². The van der Waals surface area contributed by atoms with Crippen LogP contribution in [0.25, 0.3) is 6.08 Å². The van der Waals surface area contributed by atoms with Gasteiger partial charge in [0.1, 0.15) is 0 Å². The topological polar surface area (TPSA) is 43.1 Å². The van der Waals surface area contributed by atoms with Gasteiger partial charge in [0.2, 0.25) is 0 Å². The van der Waals surface area contributed by atoms with Crippen LogP contribution in [0, 0.1) is 23.5 Å². The van der Waals surface area contributed by atoms with Crippen molar-refractivity contribution in [2.24, 2.45) is 5.92 Å². The van der Waals surface area contributed by atoms with Crippen molar-refractivity contribution < 1.29 is 20.5 Å². The van der Waals surface area contributed by atoms with Crippen molar-refractivity contribution in [1.82, 2.24) is 0 Å². The quantitative estimate of drug-likeness (QED) is 0.276. The number of nitro groups is 1. The molecule has 0 spiro atoms. The zero-order valence-corrected chi connectivity index (χ0v) is 15.8. The number of rotatable bonds is 3. The Kier molecular flexibility index (Phi) is 13.4. The molecule has 24 heavy (non-hydrogen) atoms. The average Bonchev–Trinajstić information content (AvgIpc) is 3.31. The smallest absolute Gasteiger partial charge is 0.358 e. The van der Waals surface area contributed by atoms with Gasteiger partial charge in [0.15, 0.2) is 0 Å². The maximum Gasteiger partial charge on any atom is -0.358 e. The van der Waals surface area contributed by atoms with E-state index in [0.717, 1.165) is 5.56 Å². The van der Waals surface area contributed by atoms with Crippen molar-refractivity contribution in [2.45, 2.75) is 57.8 Å². The molecule has 135 valence electrons. The Hall–Kier alpha value is -1.25. The van der Waals surface area contributed by atoms with Gasteiger partial charge in [-0.25, -0.2) is 0 Å². The largest absolute Gasteiger partial charge is 0.358 e. The molecule has 4 heteroatoms. The first-order chi connectivity index (χ1) is 11.3. The minimum Gasteiger partial charge on any atom is -0.358 e. The Balaban J connectivity index is 0.000000560. The van der Waals surface area contributed by atoms with Gasteiger partial charge in [0.05, 0.1) is 4.92 Å². The van der Waals surface area contributed by atoms with E-state index in [9.17, 15) is 10.1 Å². The van der Waals surface area contributed by atoms with Crippen LogP contribution >= 0.6 is 0 Å². The molecule has 0 unspecified atom stereocenters. The van der Waals surface area contributed by atoms with Crippen LogP contribution in [0.3, 0.4) is 0 Å². The SMILES string of the molecule is C1CCCC1.O=[N+]([O-])c1ccc(/C=C/C2CCCC2)cc1.[CH2]=[Fe+].[CH3-]. The van der Waals surface area contributed by atoms with Crippen LogP contribution in [0.2, 0.25) is 0 Å². The Bertz CT molecular complexity index is 467. The van der Waals surface area contributed by atoms with Gasteiger partial charge in [-0.05, 0) is 36.5 Å². The average molecular weight is 372 g/mol. The maximum absolute atomic E-state index is 10.5. The maximum atomic E-state index is 10.5. The van der Waals surface area contributed by atoms with E-state index in [1.165, 1.54) is 57.8 Å². The fourth-order valence-electron chi connectivity index (χ4n) is 2.99. The standard InChI is InChI=1S/C13H15NO2.C5H10.CH3.CH2.Fe/c15-14(16)13-9-7-12(8-10-13)6-5-11-3-1-2-4-11;1-2-4-5-3-1;;;/h5-11H,1-4H2;1-5H2;1H3;1H2;/q;;-1;;+1/b6-5+;;;;. The number of hydrogen-bond acceptors (Lipinski definition) is 2. The molecule has 1 aromatic rings. The van der Waals surface area contributed by atoms with Crippen LogP contribution in [-0.4, -0.2) is 10.3 Å². The van der Waals surface area contributed by atoms with E-state index in [0.29, 0.717) is 5.92 Å². The summed E-state index contributed by atoms with van der Waals surface area (Å²) < 4.78 is 0. The molecule has 2 aliphatic carbocycles. The molecule has 3 nitrogen and oxygen atoms in total. The fourth-order valence-corrected chi connectivity index (χ4v) is 2.99. The van der Waals surface area contributed by atoms with E-state index in [2.05, 4.69) is 33.2 Å². The zero-order valence-electron chi connectivity index (χ0n) is 14.7. The number of hydrogen-bond donors (Lipinski definition) is 0. The van der Waals surface area contributed by atoms with Crippen molar-refractivity contribution in [2.75, 3.05) is 0 Å². The number of non-ortho nitro benzene ring substituents is 1. The minimum absolute atomic E-state index is 0. The molecule has 0 aromatic heterocycles. The zero-order chi connectivity index (χ0) is 16.9. The summed E-state index contributed by atoms with van der Waals surface area (Å²) in [6.07, 6.45) is 17.0. The summed E-state index contributed by atoms with van der Waals surface area (Å²) >= 11 is 3.00. The number of nitro benzene ring substituents is 1. The number of benzene rings is 1. The summed E-state index contributed by atoms with van der Waals surface area (Å²) in [4.78, 5) is 10.1. The number of allylic oxidation sites excluding steroid dienone is 1. The third-order valence-electron chi connectivity index (χ3n) is 4.31. The van der Waals surface area contributed by atoms with Crippen LogP contribution in [0.1, 0.15) is 63.4 Å². The van der Waals surface area contributed by atoms with Gasteiger partial charge in [-0.15, -0.1) is 0 Å². The molecule has 1 aromatic carbocycles. The number of nitrogens with zero attached hydrogens (tertiary/aromatic N) is 1. The first-order valence-corrected chi connectivity index (χ1v) is 9.21. The summed E-state index contributed by atoms with van der Waals surface area (Å²) in [7, 11) is 0. The molecule has 0 saturated heterocycles. The summed E-state index contributed by atoms with van der Waals surface area (Å²) in [5.41, 5.74) is 4.19. The van der Waals surface area contributed by atoms with Crippen molar-refractivity contribution in [3.05, 3.63) is 53.4 Å². The van der Waals surface area contributed by atoms with Gasteiger partial charge < -0.3 is 7.43 Å². The van der Waals surface area contributed by atoms with Gasteiger partial charge in [-0.2, -0.15) is 0 Å². The third-order valence-corrected chi connectivity index (χ3v) is 4.31. The molecule has 2 aliphatic rings. The van der Waals surface area contributed by atoms with Gasteiger partial charge in [-0.3, -0.25) is 10.1 Å². The second kappa shape index (κ2) is 14.1. The van der Waals surface area contributed by atoms with Gasteiger partial charge >= 0.3 is 21.0 Å². The molecule has 3 rings (SSSR count). The van der Waals surface area contributed by atoms with Crippen LogP contribution < -0.4 is 0 Å². The Morgan fingerprint density at radius 2 is 1.42 bits per heavy atom. The fraction of sp³-hybridized carbons (Fsp3) is 0.500. The molecule has 0 atom stereocenters. The van der Waals surface area contributed by atoms with Crippen LogP contribution in [0.15, 0.2) is 30.3 Å². The van der Waals surface area contributed by atoms with Crippen molar-refractivity contribution >= 4 is 17.2 Å². The van der Waals surface area contributed by atoms with E-state index in [1.807, 2.05) is 0 Å². The van der Waals surface area contributed by atoms with E-state index >= 15 is 0 Å². The first-order valence-electron chi connectivity index (χ1n) is 8.43. The molecule has 2 fully saturated rings. The Morgan fingerprint density at radius 3 is 1.83 bits per heavy atom. The van der Waals surface area contributed by atoms with Crippen molar-refractivity contribution in [3.63, 3.8) is 0 Å². The van der Waals surface area contributed by atoms with Crippen molar-refractivity contribution in [1.29, 1.82) is 0 Å². The molecule has 0 aliphatic heterocycles. The summed E-state index contributed by atoms with van der Waals surface area (Å²) in [6, 6.07) is 6.69. The second-order valence-electron chi connectivity index (χ2n) is 6.02. The second-order valence-corrected chi connectivity index (χ2v) is 6.02.